The van der Waals surface area contributed by atoms with Gasteiger partial charge in [-0.05, 0) is 36.5 Å². The number of phenols is 1. The maximum Gasteiger partial charge on any atom is 0.407 e. The van der Waals surface area contributed by atoms with Crippen LogP contribution in [0.1, 0.15) is 71.3 Å². The second kappa shape index (κ2) is 26.7. The molecule has 0 saturated carbocycles. The van der Waals surface area contributed by atoms with Gasteiger partial charge in [0, 0.05) is 49.7 Å². The molecule has 29 heteroatoms. The number of aromatic hydroxyl groups is 1. The molecule has 3 aliphatic heterocycles. The van der Waals surface area contributed by atoms with Crippen molar-refractivity contribution in [2.24, 2.45) is 17.6 Å². The molecule has 28 nitrogen and oxygen atoms in total. The lowest BCUT2D eigenvalue weighted by Crippen LogP contribution is -2.62. The number of hydrogen-bond acceptors (Lipinski definition) is 16. The second-order valence-corrected chi connectivity index (χ2v) is 20.1. The van der Waals surface area contributed by atoms with E-state index in [1.165, 1.54) is 25.1 Å². The summed E-state index contributed by atoms with van der Waals surface area (Å²) in [7, 11) is -2.43. The first-order valence-electron chi connectivity index (χ1n) is 24.3. The van der Waals surface area contributed by atoms with E-state index >= 15 is 0 Å². The van der Waals surface area contributed by atoms with Gasteiger partial charge < -0.3 is 83.3 Å². The molecule has 0 aliphatic carbocycles. The van der Waals surface area contributed by atoms with E-state index in [0.29, 0.717) is 25.7 Å². The summed E-state index contributed by atoms with van der Waals surface area (Å²) >= 11 is 0. The Labute approximate surface area is 431 Å². The number of carboxylic acid groups (broad SMARTS) is 1. The van der Waals surface area contributed by atoms with E-state index in [1.54, 1.807) is 13.8 Å². The quantitative estimate of drug-likeness (QED) is 0.0793. The maximum absolute atomic E-state index is 14.8. The third kappa shape index (κ3) is 16.0. The number of hydrogen-bond donors (Lipinski definition) is 14. The lowest BCUT2D eigenvalue weighted by Gasteiger charge is -2.33. The zero-order chi connectivity index (χ0) is 55.3. The molecule has 3 unspecified atom stereocenters. The molecule has 0 radical (unpaired) electrons. The number of carbonyl (C=O) groups is 11. The van der Waals surface area contributed by atoms with Crippen molar-refractivity contribution in [1.82, 2.24) is 52.4 Å². The number of alkyl carbamates (subject to hydrolysis) is 1. The van der Waals surface area contributed by atoms with E-state index in [4.69, 9.17) is 15.6 Å². The number of nitrogens with one attached hydrogen (secondary N) is 9. The molecule has 11 atom stereocenters. The van der Waals surface area contributed by atoms with Crippen LogP contribution >= 0.6 is 0 Å². The minimum atomic E-state index is -2.43. The molecule has 2 aromatic rings. The van der Waals surface area contributed by atoms with Crippen LogP contribution in [0.2, 0.25) is 0 Å². The number of amides is 10. The molecule has 1 saturated heterocycles. The zero-order valence-corrected chi connectivity index (χ0v) is 42.3. The normalized spacial score (nSPS) is 25.9. The van der Waals surface area contributed by atoms with Gasteiger partial charge in [-0.25, -0.2) is 4.79 Å². The fourth-order valence-electron chi connectivity index (χ4n) is 8.67. The number of aromatic amines is 1. The Morgan fingerprint density at radius 3 is 2.24 bits per heavy atom. The number of aliphatic hydroxyl groups excluding tert-OH is 2. The van der Waals surface area contributed by atoms with Crippen LogP contribution in [0.3, 0.4) is 0 Å². The SMILES string of the molecule is CC[C@H](C)[C@@H]1NC(=O)CNC(=O)C2Cc3c([nH]c4cc(O)ccc34)[S@](=O)CC(NC(=O)CNC1=O)C(=O)N[C@@H](CC(N)=O)C(=O)N1CC(O)C[C@H]1C(=O)N[C@@H]([C@@H](C)[C@@H](O)COC(=O)NCCCCCC(=O)O)C(=O)N2. The van der Waals surface area contributed by atoms with Crippen LogP contribution in [-0.2, 0) is 69.9 Å². The Balaban J connectivity index is 1.64. The number of unbranched alkanes of at least 4 members (excludes halogenated alkanes) is 2. The molecule has 15 N–H and O–H groups in total. The third-order valence-electron chi connectivity index (χ3n) is 13.1. The molecule has 2 bridgehead atoms. The van der Waals surface area contributed by atoms with Crippen LogP contribution in [0.4, 0.5) is 4.79 Å². The van der Waals surface area contributed by atoms with Gasteiger partial charge in [0.15, 0.2) is 0 Å². The molecule has 75 heavy (non-hydrogen) atoms. The molecular formula is C46H65N11O17S. The Kier molecular flexibility index (Phi) is 20.8. The summed E-state index contributed by atoms with van der Waals surface area (Å²) in [5, 5.41) is 61.2. The monoisotopic (exact) mass is 1080 g/mol. The smallest absolute Gasteiger partial charge is 0.407 e. The van der Waals surface area contributed by atoms with Crippen LogP contribution in [0, 0.1) is 11.8 Å². The number of benzene rings is 1. The average molecular weight is 1080 g/mol. The molecule has 10 amide bonds. The fraction of sp³-hybridized carbons (Fsp3) is 0.587. The number of H-pyrrole nitrogens is 1. The van der Waals surface area contributed by atoms with E-state index in [9.17, 15) is 72.3 Å². The van der Waals surface area contributed by atoms with Gasteiger partial charge in [0.1, 0.15) is 53.6 Å². The number of ether oxygens (including phenoxy) is 1. The number of aliphatic hydroxyl groups is 2. The van der Waals surface area contributed by atoms with Crippen molar-refractivity contribution in [3.05, 3.63) is 23.8 Å². The van der Waals surface area contributed by atoms with Crippen molar-refractivity contribution in [2.45, 2.75) is 126 Å². The van der Waals surface area contributed by atoms with Crippen LogP contribution in [0.15, 0.2) is 23.2 Å². The summed E-state index contributed by atoms with van der Waals surface area (Å²) in [5.74, 6) is -13.6. The Bertz CT molecular complexity index is 2540. The largest absolute Gasteiger partial charge is 0.508 e. The van der Waals surface area contributed by atoms with E-state index in [-0.39, 0.29) is 40.2 Å². The molecule has 3 aliphatic rings. The number of carboxylic acids is 1. The van der Waals surface area contributed by atoms with E-state index in [1.807, 2.05) is 0 Å². The minimum Gasteiger partial charge on any atom is -0.508 e. The van der Waals surface area contributed by atoms with Gasteiger partial charge in [-0.15, -0.1) is 0 Å². The lowest BCUT2D eigenvalue weighted by atomic mass is 9.93. The molecule has 0 spiro atoms. The van der Waals surface area contributed by atoms with Crippen LogP contribution in [-0.4, -0.2) is 187 Å². The number of fused-ring (bicyclic) bond motifs is 5. The van der Waals surface area contributed by atoms with Crippen LogP contribution in [0.5, 0.6) is 5.75 Å². The predicted octanol–water partition coefficient (Wildman–Crippen LogP) is -4.54. The number of nitrogens with two attached hydrogens (primary N) is 1. The molecule has 5 rings (SSSR count). The summed E-state index contributed by atoms with van der Waals surface area (Å²) in [5.41, 5.74) is 5.70. The minimum absolute atomic E-state index is 0.0392. The van der Waals surface area contributed by atoms with Gasteiger partial charge in [-0.2, -0.15) is 0 Å². The van der Waals surface area contributed by atoms with Gasteiger partial charge >= 0.3 is 12.1 Å². The number of rotatable bonds is 14. The van der Waals surface area contributed by atoms with Crippen molar-refractivity contribution < 1.29 is 82.1 Å². The van der Waals surface area contributed by atoms with Crippen molar-refractivity contribution in [3.8, 4) is 5.75 Å². The van der Waals surface area contributed by atoms with Crippen molar-refractivity contribution in [3.63, 3.8) is 0 Å². The average Bonchev–Trinajstić information content (AvgIpc) is 3.93. The van der Waals surface area contributed by atoms with E-state index < -0.39 is 188 Å². The first kappa shape index (κ1) is 58.5. The van der Waals surface area contributed by atoms with Crippen molar-refractivity contribution in [1.29, 1.82) is 0 Å². The summed E-state index contributed by atoms with van der Waals surface area (Å²) in [4.78, 5) is 153. The summed E-state index contributed by atoms with van der Waals surface area (Å²) in [6.45, 7) is 1.79. The molecular weight excluding hydrogens is 1010 g/mol. The topological polar surface area (TPSA) is 436 Å². The number of aromatic nitrogens is 1. The standard InChI is InChI=1S/C46H65N11O17S/c1-4-21(2)37-42(69)50-16-34(62)51-30-20-75(73)44-26(25-10-9-23(58)12-27(25)54-44)14-28(39(66)49-17-35(63)55-37)52-43(70)38(22(3)32(60)19-74-46(72)48-11-7-5-6-8-36(64)65)56-41(68)31-13-24(59)18-57(31)45(71)29(15-33(47)61)53-40(30)67/h9-10,12,21-22,24,28-32,37-38,54,58-60H,4-8,11,13-20H2,1-3H3,(H2,47,61)(H,48,72)(H,49,66)(H,50,69)(H,51,62)(H,52,70)(H,53,67)(H,55,63)(H,56,68)(H,64,65)/t21-,22-,24?,28?,29-,30?,31-,32-,37-,38-,75+/m0/s1. The lowest BCUT2D eigenvalue weighted by molar-refractivity contribution is -0.144. The first-order chi connectivity index (χ1) is 35.5. The number of carbonyl (C=O) groups excluding carboxylic acids is 10. The number of aliphatic carboxylic acids is 1. The van der Waals surface area contributed by atoms with Gasteiger partial charge in [0.2, 0.25) is 53.2 Å². The zero-order valence-electron chi connectivity index (χ0n) is 41.4. The first-order valence-corrected chi connectivity index (χ1v) is 25.6. The van der Waals surface area contributed by atoms with Crippen molar-refractivity contribution in [2.75, 3.05) is 38.5 Å². The van der Waals surface area contributed by atoms with E-state index in [0.717, 1.165) is 4.90 Å². The fourth-order valence-corrected chi connectivity index (χ4v) is 10.1. The second-order valence-electron chi connectivity index (χ2n) is 18.7. The van der Waals surface area contributed by atoms with Gasteiger partial charge in [0.25, 0.3) is 0 Å². The highest BCUT2D eigenvalue weighted by atomic mass is 32.2. The number of primary amides is 1. The Morgan fingerprint density at radius 1 is 0.867 bits per heavy atom. The van der Waals surface area contributed by atoms with E-state index in [2.05, 4.69) is 47.5 Å². The summed E-state index contributed by atoms with van der Waals surface area (Å²) < 4.78 is 19.9. The van der Waals surface area contributed by atoms with Crippen LogP contribution in [0.25, 0.3) is 10.9 Å². The molecule has 1 fully saturated rings. The highest BCUT2D eigenvalue weighted by molar-refractivity contribution is 7.85. The van der Waals surface area contributed by atoms with Crippen molar-refractivity contribution >= 4 is 86.9 Å². The van der Waals surface area contributed by atoms with Crippen LogP contribution < -0.4 is 48.3 Å². The third-order valence-corrected chi connectivity index (χ3v) is 14.5. The Hall–Kier alpha value is -7.40. The van der Waals surface area contributed by atoms with Gasteiger partial charge in [-0.3, -0.25) is 52.2 Å². The van der Waals surface area contributed by atoms with Gasteiger partial charge in [0.05, 0.1) is 53.8 Å². The number of nitrogens with zero attached hydrogens (tertiary/aromatic N) is 1. The summed E-state index contributed by atoms with van der Waals surface area (Å²) in [6.07, 6.45) is -4.60. The Morgan fingerprint density at radius 2 is 1.56 bits per heavy atom. The molecule has 1 aromatic carbocycles. The molecule has 1 aromatic heterocycles. The molecule has 412 valence electrons. The highest BCUT2D eigenvalue weighted by Gasteiger charge is 2.45. The molecule has 4 heterocycles. The predicted molar refractivity (Wildman–Crippen MR) is 261 cm³/mol. The summed E-state index contributed by atoms with van der Waals surface area (Å²) in [6, 6.07) is -6.44. The van der Waals surface area contributed by atoms with Gasteiger partial charge in [-0.1, -0.05) is 33.6 Å². The maximum atomic E-state index is 14.8. The highest BCUT2D eigenvalue weighted by Crippen LogP contribution is 2.30. The number of phenolic OH excluding ortho intramolecular Hbond substituents is 1.